The minimum atomic E-state index is -0.805. The Labute approximate surface area is 500 Å². The van der Waals surface area contributed by atoms with Gasteiger partial charge in [-0.3, -0.25) is 14.4 Å². The molecule has 1 atom stereocenters. The molecule has 0 radical (unpaired) electrons. The fourth-order valence-electron chi connectivity index (χ4n) is 9.15. The highest BCUT2D eigenvalue weighted by Gasteiger charge is 2.19. The molecule has 0 aromatic rings. The third-order valence-electron chi connectivity index (χ3n) is 14.1. The quantitative estimate of drug-likeness (QED) is 0.0261. The predicted molar refractivity (Wildman–Crippen MR) is 353 cm³/mol. The van der Waals surface area contributed by atoms with E-state index in [1.807, 2.05) is 0 Å². The van der Waals surface area contributed by atoms with Gasteiger partial charge < -0.3 is 14.2 Å². The highest BCUT2D eigenvalue weighted by Crippen LogP contribution is 2.16. The monoisotopic (exact) mass is 1120 g/mol. The van der Waals surface area contributed by atoms with Crippen LogP contribution in [0.1, 0.15) is 303 Å². The van der Waals surface area contributed by atoms with Crippen LogP contribution in [0.25, 0.3) is 0 Å². The Balaban J connectivity index is 4.27. The van der Waals surface area contributed by atoms with Crippen LogP contribution in [0, 0.1) is 0 Å². The summed E-state index contributed by atoms with van der Waals surface area (Å²) in [5.41, 5.74) is 0. The summed E-state index contributed by atoms with van der Waals surface area (Å²) in [7, 11) is 0. The van der Waals surface area contributed by atoms with Gasteiger partial charge in [0.2, 0.25) is 0 Å². The van der Waals surface area contributed by atoms with Gasteiger partial charge in [0.1, 0.15) is 13.2 Å². The van der Waals surface area contributed by atoms with Crippen LogP contribution in [0.2, 0.25) is 0 Å². The molecule has 0 bridgehead atoms. The number of hydrogen-bond acceptors (Lipinski definition) is 6. The third kappa shape index (κ3) is 66.2. The van der Waals surface area contributed by atoms with Crippen LogP contribution in [0.15, 0.2) is 134 Å². The molecule has 0 rings (SSSR count). The van der Waals surface area contributed by atoms with Gasteiger partial charge in [0, 0.05) is 19.3 Å². The van der Waals surface area contributed by atoms with Gasteiger partial charge in [-0.05, 0) is 128 Å². The molecular formula is C75H124O6. The van der Waals surface area contributed by atoms with E-state index in [0.717, 1.165) is 154 Å². The van der Waals surface area contributed by atoms with E-state index >= 15 is 0 Å². The lowest BCUT2D eigenvalue weighted by Crippen LogP contribution is -2.30. The Morgan fingerprint density at radius 2 is 0.481 bits per heavy atom. The second kappa shape index (κ2) is 68.1. The van der Waals surface area contributed by atoms with Crippen LogP contribution in [0.4, 0.5) is 0 Å². The lowest BCUT2D eigenvalue weighted by molar-refractivity contribution is -0.167. The number of allylic oxidation sites excluding steroid dienone is 22. The fraction of sp³-hybridized carbons (Fsp3) is 0.667. The van der Waals surface area contributed by atoms with Crippen molar-refractivity contribution in [3.63, 3.8) is 0 Å². The van der Waals surface area contributed by atoms with Crippen molar-refractivity contribution in [1.82, 2.24) is 0 Å². The molecule has 6 heteroatoms. The van der Waals surface area contributed by atoms with Gasteiger partial charge in [-0.2, -0.15) is 0 Å². The van der Waals surface area contributed by atoms with E-state index in [4.69, 9.17) is 14.2 Å². The van der Waals surface area contributed by atoms with Crippen molar-refractivity contribution in [3.8, 4) is 0 Å². The Hall–Kier alpha value is -4.45. The van der Waals surface area contributed by atoms with Crippen LogP contribution in [-0.4, -0.2) is 37.2 Å². The maximum Gasteiger partial charge on any atom is 0.306 e. The maximum atomic E-state index is 12.9. The summed E-state index contributed by atoms with van der Waals surface area (Å²) in [6.45, 7) is 6.33. The number of hydrogen-bond donors (Lipinski definition) is 0. The highest BCUT2D eigenvalue weighted by atomic mass is 16.6. The summed E-state index contributed by atoms with van der Waals surface area (Å²) >= 11 is 0. The van der Waals surface area contributed by atoms with Crippen molar-refractivity contribution in [2.24, 2.45) is 0 Å². The Morgan fingerprint density at radius 3 is 0.765 bits per heavy atom. The van der Waals surface area contributed by atoms with Crippen LogP contribution in [0.5, 0.6) is 0 Å². The lowest BCUT2D eigenvalue weighted by Gasteiger charge is -2.18. The van der Waals surface area contributed by atoms with E-state index < -0.39 is 6.10 Å². The molecule has 0 saturated heterocycles. The number of unbranched alkanes of at least 4 members (excludes halogenated alkanes) is 27. The van der Waals surface area contributed by atoms with Gasteiger partial charge in [0.05, 0.1) is 0 Å². The number of rotatable bonds is 60. The van der Waals surface area contributed by atoms with Gasteiger partial charge in [0.25, 0.3) is 0 Å². The SMILES string of the molecule is CC/C=C\C/C=C\C/C=C\C/C=C\C/C=C\CCCCCC(=O)OC(COC(=O)CCCCCCC/C=C\C/C=C\CCC)COC(=O)CCCCCCCCCCCCCCCCCCCC/C=C\C/C=C\C/C=C\C/C=C\CC. The topological polar surface area (TPSA) is 78.9 Å². The van der Waals surface area contributed by atoms with Crippen molar-refractivity contribution in [1.29, 1.82) is 0 Å². The first kappa shape index (κ1) is 76.5. The number of carbonyl (C=O) groups is 3. The van der Waals surface area contributed by atoms with Crippen LogP contribution in [-0.2, 0) is 28.6 Å². The van der Waals surface area contributed by atoms with Crippen molar-refractivity contribution < 1.29 is 28.6 Å². The van der Waals surface area contributed by atoms with Crippen LogP contribution in [0.3, 0.4) is 0 Å². The molecule has 0 heterocycles. The average Bonchev–Trinajstić information content (AvgIpc) is 3.46. The molecule has 0 aromatic carbocycles. The first-order valence-corrected chi connectivity index (χ1v) is 33.7. The Morgan fingerprint density at radius 1 is 0.259 bits per heavy atom. The zero-order chi connectivity index (χ0) is 58.5. The second-order valence-electron chi connectivity index (χ2n) is 22.0. The van der Waals surface area contributed by atoms with E-state index in [1.165, 1.54) is 109 Å². The highest BCUT2D eigenvalue weighted by molar-refractivity contribution is 5.71. The number of esters is 3. The summed E-state index contributed by atoms with van der Waals surface area (Å²) in [6, 6.07) is 0. The average molecular weight is 1120 g/mol. The third-order valence-corrected chi connectivity index (χ3v) is 14.1. The minimum absolute atomic E-state index is 0.0972. The van der Waals surface area contributed by atoms with Gasteiger partial charge in [0.15, 0.2) is 6.10 Å². The molecule has 1 unspecified atom stereocenters. The van der Waals surface area contributed by atoms with Crippen LogP contribution >= 0.6 is 0 Å². The number of ether oxygens (including phenoxy) is 3. The van der Waals surface area contributed by atoms with Crippen molar-refractivity contribution >= 4 is 17.9 Å². The molecule has 0 aliphatic rings. The number of carbonyl (C=O) groups excluding carboxylic acids is 3. The fourth-order valence-corrected chi connectivity index (χ4v) is 9.15. The Kier molecular flexibility index (Phi) is 64.3. The van der Waals surface area contributed by atoms with E-state index in [9.17, 15) is 14.4 Å². The van der Waals surface area contributed by atoms with Crippen LogP contribution < -0.4 is 0 Å². The first-order valence-electron chi connectivity index (χ1n) is 33.7. The van der Waals surface area contributed by atoms with Gasteiger partial charge in [-0.25, -0.2) is 0 Å². The van der Waals surface area contributed by atoms with E-state index in [2.05, 4.69) is 154 Å². The van der Waals surface area contributed by atoms with Crippen molar-refractivity contribution in [2.75, 3.05) is 13.2 Å². The van der Waals surface area contributed by atoms with Gasteiger partial charge in [-0.1, -0.05) is 289 Å². The molecule has 0 spiro atoms. The van der Waals surface area contributed by atoms with Gasteiger partial charge in [-0.15, -0.1) is 0 Å². The molecule has 0 amide bonds. The van der Waals surface area contributed by atoms with E-state index in [-0.39, 0.29) is 37.5 Å². The second-order valence-corrected chi connectivity index (χ2v) is 22.0. The normalized spacial score (nSPS) is 13.0. The molecule has 0 N–H and O–H groups in total. The van der Waals surface area contributed by atoms with E-state index in [1.54, 1.807) is 0 Å². The standard InChI is InChI=1S/C75H124O6/c1-4-7-10-13-16-19-22-25-27-29-31-32-33-34-35-36-37-38-39-40-41-42-44-45-47-50-53-56-59-62-65-68-74(77)80-71-72(70-79-73(76)67-64-61-58-55-52-49-24-21-18-15-12-9-6-3)81-75(78)69-66-63-60-57-54-51-48-46-43-30-28-26-23-20-17-14-11-8-5-2/h7-8,10-12,15-17,19-21,24-28,31-32,43,46,51,54,72H,4-6,9,13-14,18,22-23,29-30,33-42,44-45,47-50,52-53,55-71H2,1-3H3/b10-7-,11-8-,15-12-,19-16-,20-17-,24-21-,27-25-,28-26-,32-31-,46-43-,54-51-. The minimum Gasteiger partial charge on any atom is -0.462 e. The Bertz CT molecular complexity index is 1720. The summed E-state index contributed by atoms with van der Waals surface area (Å²) in [4.78, 5) is 38.3. The zero-order valence-corrected chi connectivity index (χ0v) is 52.8. The van der Waals surface area contributed by atoms with Crippen molar-refractivity contribution in [2.45, 2.75) is 309 Å². The molecular weight excluding hydrogens is 997 g/mol. The molecule has 81 heavy (non-hydrogen) atoms. The van der Waals surface area contributed by atoms with E-state index in [0.29, 0.717) is 12.8 Å². The zero-order valence-electron chi connectivity index (χ0n) is 52.8. The summed E-state index contributed by atoms with van der Waals surface area (Å²) in [5, 5.41) is 0. The maximum absolute atomic E-state index is 12.9. The first-order chi connectivity index (χ1) is 40.0. The predicted octanol–water partition coefficient (Wildman–Crippen LogP) is 23.3. The summed E-state index contributed by atoms with van der Waals surface area (Å²) in [6.07, 6.45) is 96.2. The largest absolute Gasteiger partial charge is 0.462 e. The molecule has 0 aliphatic carbocycles. The molecule has 6 nitrogen and oxygen atoms in total. The lowest BCUT2D eigenvalue weighted by atomic mass is 10.0. The molecule has 460 valence electrons. The smallest absolute Gasteiger partial charge is 0.306 e. The molecule has 0 aromatic heterocycles. The molecule has 0 aliphatic heterocycles. The molecule has 0 fully saturated rings. The van der Waals surface area contributed by atoms with Crippen molar-refractivity contribution in [3.05, 3.63) is 134 Å². The van der Waals surface area contributed by atoms with Gasteiger partial charge >= 0.3 is 17.9 Å². The molecule has 0 saturated carbocycles. The summed E-state index contributed by atoms with van der Waals surface area (Å²) in [5.74, 6) is -0.939. The summed E-state index contributed by atoms with van der Waals surface area (Å²) < 4.78 is 16.9.